The molecule has 5 nitrogen and oxygen atoms in total. The van der Waals surface area contributed by atoms with Crippen LogP contribution < -0.4 is 5.56 Å². The fourth-order valence-electron chi connectivity index (χ4n) is 3.10. The fourth-order valence-corrected chi connectivity index (χ4v) is 3.60. The van der Waals surface area contributed by atoms with Crippen molar-refractivity contribution in [3.05, 3.63) is 98.0 Å². The molecule has 0 aliphatic carbocycles. The molecule has 4 rings (SSSR count). The maximum absolute atomic E-state index is 12.7. The van der Waals surface area contributed by atoms with Crippen molar-refractivity contribution in [2.45, 2.75) is 6.54 Å². The van der Waals surface area contributed by atoms with E-state index in [0.29, 0.717) is 33.1 Å². The van der Waals surface area contributed by atoms with Gasteiger partial charge in [0.25, 0.3) is 5.56 Å². The molecule has 0 saturated heterocycles. The molecule has 0 spiro atoms. The number of nitrogens with zero attached hydrogens (tertiary/aromatic N) is 3. The van der Waals surface area contributed by atoms with Gasteiger partial charge in [0.05, 0.1) is 22.1 Å². The van der Waals surface area contributed by atoms with Gasteiger partial charge in [0.1, 0.15) is 0 Å². The van der Waals surface area contributed by atoms with Crippen molar-refractivity contribution in [3.8, 4) is 0 Å². The number of carbonyl (C=O) groups is 1. The van der Waals surface area contributed by atoms with Crippen LogP contribution in [0.25, 0.3) is 10.9 Å². The summed E-state index contributed by atoms with van der Waals surface area (Å²) in [4.78, 5) is 24.8. The van der Waals surface area contributed by atoms with Crippen molar-refractivity contribution in [3.63, 3.8) is 0 Å². The Morgan fingerprint density at radius 2 is 1.82 bits per heavy atom. The Balaban J connectivity index is 1.59. The van der Waals surface area contributed by atoms with Crippen molar-refractivity contribution in [1.82, 2.24) is 14.3 Å². The van der Waals surface area contributed by atoms with Crippen LogP contribution in [0.3, 0.4) is 0 Å². The molecule has 2 aromatic heterocycles. The molecule has 0 saturated carbocycles. The zero-order chi connectivity index (χ0) is 19.8. The van der Waals surface area contributed by atoms with Crippen LogP contribution in [0.2, 0.25) is 10.0 Å². The minimum Gasteiger partial charge on any atom is -0.342 e. The second-order valence-corrected chi connectivity index (χ2v) is 7.31. The second-order valence-electron chi connectivity index (χ2n) is 6.47. The van der Waals surface area contributed by atoms with E-state index in [-0.39, 0.29) is 11.3 Å². The Hall–Kier alpha value is -2.89. The summed E-state index contributed by atoms with van der Waals surface area (Å²) in [7, 11) is 1.63. The molecule has 2 aromatic carbocycles. The highest BCUT2D eigenvalue weighted by Crippen LogP contribution is 2.24. The molecular formula is C21H15Cl2N3O2. The van der Waals surface area contributed by atoms with Gasteiger partial charge in [-0.3, -0.25) is 9.59 Å². The number of hydrogen-bond acceptors (Lipinski definition) is 3. The molecule has 140 valence electrons. The zero-order valence-electron chi connectivity index (χ0n) is 14.9. The van der Waals surface area contributed by atoms with Crippen LogP contribution in [0, 0.1) is 0 Å². The van der Waals surface area contributed by atoms with Crippen LogP contribution in [-0.2, 0) is 13.6 Å². The third-order valence-electron chi connectivity index (χ3n) is 4.63. The third-order valence-corrected chi connectivity index (χ3v) is 5.18. The molecule has 0 N–H and O–H groups in total. The molecule has 0 aliphatic rings. The Bertz CT molecular complexity index is 1260. The van der Waals surface area contributed by atoms with Gasteiger partial charge in [-0.25, -0.2) is 4.68 Å². The molecule has 2 heterocycles. The Kier molecular flexibility index (Phi) is 4.79. The average molecular weight is 412 g/mol. The quantitative estimate of drug-likeness (QED) is 0.469. The van der Waals surface area contributed by atoms with E-state index in [1.165, 1.54) is 4.68 Å². The van der Waals surface area contributed by atoms with Crippen LogP contribution in [0.5, 0.6) is 0 Å². The van der Waals surface area contributed by atoms with Gasteiger partial charge in [0.15, 0.2) is 5.78 Å². The first-order valence-electron chi connectivity index (χ1n) is 8.54. The lowest BCUT2D eigenvalue weighted by molar-refractivity contribution is 0.103. The number of aromatic nitrogens is 3. The molecule has 0 atom stereocenters. The summed E-state index contributed by atoms with van der Waals surface area (Å²) >= 11 is 12.0. The number of ketones is 1. The predicted octanol–water partition coefficient (Wildman–Crippen LogP) is 4.32. The maximum atomic E-state index is 12.7. The van der Waals surface area contributed by atoms with Crippen molar-refractivity contribution in [1.29, 1.82) is 0 Å². The Labute approximate surface area is 170 Å². The smallest absolute Gasteiger partial charge is 0.275 e. The lowest BCUT2D eigenvalue weighted by Crippen LogP contribution is -2.18. The zero-order valence-corrected chi connectivity index (χ0v) is 16.4. The van der Waals surface area contributed by atoms with E-state index in [9.17, 15) is 9.59 Å². The molecule has 4 aromatic rings. The average Bonchev–Trinajstić information content (AvgIpc) is 3.08. The molecule has 0 amide bonds. The molecule has 7 heteroatoms. The van der Waals surface area contributed by atoms with Gasteiger partial charge >= 0.3 is 0 Å². The first-order chi connectivity index (χ1) is 13.4. The number of aryl methyl sites for hydroxylation is 1. The summed E-state index contributed by atoms with van der Waals surface area (Å²) in [5.74, 6) is -0.160. The van der Waals surface area contributed by atoms with E-state index < -0.39 is 0 Å². The van der Waals surface area contributed by atoms with E-state index in [2.05, 4.69) is 5.10 Å². The number of fused-ring (bicyclic) bond motifs is 1. The van der Waals surface area contributed by atoms with Gasteiger partial charge < -0.3 is 4.57 Å². The molecule has 28 heavy (non-hydrogen) atoms. The second kappa shape index (κ2) is 7.26. The highest BCUT2D eigenvalue weighted by molar-refractivity contribution is 6.37. The van der Waals surface area contributed by atoms with Gasteiger partial charge in [0.2, 0.25) is 0 Å². The van der Waals surface area contributed by atoms with Crippen molar-refractivity contribution in [2.75, 3.05) is 0 Å². The van der Waals surface area contributed by atoms with Crippen LogP contribution in [0.4, 0.5) is 0 Å². The summed E-state index contributed by atoms with van der Waals surface area (Å²) in [5.41, 5.74) is 2.60. The molecule has 0 aliphatic heterocycles. The summed E-state index contributed by atoms with van der Waals surface area (Å²) in [6, 6.07) is 13.9. The van der Waals surface area contributed by atoms with E-state index in [1.807, 2.05) is 22.9 Å². The van der Waals surface area contributed by atoms with Gasteiger partial charge in [-0.1, -0.05) is 47.5 Å². The Morgan fingerprint density at radius 1 is 1.07 bits per heavy atom. The molecular weight excluding hydrogens is 397 g/mol. The number of hydrogen-bond donors (Lipinski definition) is 0. The van der Waals surface area contributed by atoms with Crippen molar-refractivity contribution < 1.29 is 4.79 Å². The molecule has 0 bridgehead atoms. The highest BCUT2D eigenvalue weighted by atomic mass is 35.5. The summed E-state index contributed by atoms with van der Waals surface area (Å²) in [6.07, 6.45) is 3.54. The topological polar surface area (TPSA) is 56.9 Å². The van der Waals surface area contributed by atoms with Crippen LogP contribution in [-0.4, -0.2) is 20.1 Å². The molecule has 0 radical (unpaired) electrons. The lowest BCUT2D eigenvalue weighted by Gasteiger charge is -2.08. The first kappa shape index (κ1) is 18.5. The highest BCUT2D eigenvalue weighted by Gasteiger charge is 2.13. The van der Waals surface area contributed by atoms with Gasteiger partial charge in [0, 0.05) is 35.9 Å². The van der Waals surface area contributed by atoms with Crippen molar-refractivity contribution in [2.24, 2.45) is 7.05 Å². The van der Waals surface area contributed by atoms with Crippen LogP contribution >= 0.6 is 23.2 Å². The lowest BCUT2D eigenvalue weighted by atomic mass is 10.0. The Morgan fingerprint density at radius 3 is 2.54 bits per heavy atom. The normalized spacial score (nSPS) is 11.1. The minimum atomic E-state index is -0.160. The monoisotopic (exact) mass is 411 g/mol. The summed E-state index contributed by atoms with van der Waals surface area (Å²) in [5, 5.41) is 5.52. The number of carbonyl (C=O) groups excluding carboxylic acids is 1. The van der Waals surface area contributed by atoms with E-state index in [0.717, 1.165) is 11.1 Å². The number of rotatable bonds is 4. The molecule has 0 fully saturated rings. The summed E-state index contributed by atoms with van der Waals surface area (Å²) < 4.78 is 3.27. The predicted molar refractivity (Wildman–Crippen MR) is 110 cm³/mol. The van der Waals surface area contributed by atoms with Crippen LogP contribution in [0.15, 0.2) is 65.7 Å². The SMILES string of the molecule is Cn1ncc2c(ccn2Cc2ccc(C(=O)c3ccc(Cl)cc3Cl)cc2)c1=O. The van der Waals surface area contributed by atoms with Crippen molar-refractivity contribution >= 4 is 39.9 Å². The van der Waals surface area contributed by atoms with Gasteiger partial charge in [-0.05, 0) is 29.8 Å². The van der Waals surface area contributed by atoms with E-state index >= 15 is 0 Å². The third kappa shape index (κ3) is 3.35. The van der Waals surface area contributed by atoms with E-state index in [1.54, 1.807) is 49.6 Å². The van der Waals surface area contributed by atoms with Gasteiger partial charge in [-0.15, -0.1) is 0 Å². The molecule has 0 unspecified atom stereocenters. The largest absolute Gasteiger partial charge is 0.342 e. The van der Waals surface area contributed by atoms with Gasteiger partial charge in [-0.2, -0.15) is 5.10 Å². The number of benzene rings is 2. The minimum absolute atomic E-state index is 0.128. The standard InChI is InChI=1S/C21H15Cl2N3O2/c1-25-21(28)17-8-9-26(19(17)11-24-25)12-13-2-4-14(5-3-13)20(27)16-7-6-15(22)10-18(16)23/h2-11H,12H2,1H3. The summed E-state index contributed by atoms with van der Waals surface area (Å²) in [6.45, 7) is 0.564. The van der Waals surface area contributed by atoms with E-state index in [4.69, 9.17) is 23.2 Å². The number of halogens is 2. The maximum Gasteiger partial charge on any atom is 0.275 e. The first-order valence-corrected chi connectivity index (χ1v) is 9.29. The fraction of sp³-hybridized carbons (Fsp3) is 0.0952. The van der Waals surface area contributed by atoms with Crippen LogP contribution in [0.1, 0.15) is 21.5 Å².